The maximum Gasteiger partial charge on any atom is 0.271 e. The number of fused-ring (bicyclic) bond motifs is 1. The van der Waals surface area contributed by atoms with Crippen LogP contribution in [0.1, 0.15) is 40.1 Å². The second kappa shape index (κ2) is 8.78. The van der Waals surface area contributed by atoms with E-state index >= 15 is 0 Å². The third kappa shape index (κ3) is 4.39. The van der Waals surface area contributed by atoms with Crippen LogP contribution in [0.3, 0.4) is 0 Å². The first-order chi connectivity index (χ1) is 16.0. The maximum absolute atomic E-state index is 13.6. The van der Waals surface area contributed by atoms with Crippen LogP contribution in [0.4, 0.5) is 0 Å². The molecule has 2 amide bonds. The lowest BCUT2D eigenvalue weighted by molar-refractivity contribution is 0.0190. The number of nitrogens with one attached hydrogen (secondary N) is 1. The van der Waals surface area contributed by atoms with E-state index in [0.29, 0.717) is 31.9 Å². The first-order valence-electron chi connectivity index (χ1n) is 11.2. The van der Waals surface area contributed by atoms with Gasteiger partial charge in [-0.05, 0) is 71.8 Å². The molecule has 2 saturated heterocycles. The van der Waals surface area contributed by atoms with E-state index in [-0.39, 0.29) is 34.7 Å². The van der Waals surface area contributed by atoms with Crippen LogP contribution in [-0.2, 0) is 4.74 Å². The van der Waals surface area contributed by atoms with Crippen LogP contribution in [0.2, 0.25) is 0 Å². The second-order valence-electron chi connectivity index (χ2n) is 8.97. The van der Waals surface area contributed by atoms with Gasteiger partial charge in [-0.3, -0.25) is 9.59 Å². The number of likely N-dealkylation sites (tertiary alicyclic amines) is 1. The van der Waals surface area contributed by atoms with Crippen molar-refractivity contribution in [1.29, 1.82) is 0 Å². The van der Waals surface area contributed by atoms with Crippen LogP contribution in [0.15, 0.2) is 54.7 Å². The molecule has 2 aromatic carbocycles. The van der Waals surface area contributed by atoms with Crippen LogP contribution in [0, 0.1) is 5.41 Å². The summed E-state index contributed by atoms with van der Waals surface area (Å²) >= 11 is 0. The lowest BCUT2D eigenvalue weighted by atomic mass is 9.78. The molecule has 1 aromatic heterocycles. The Hall–Kier alpha value is -3.52. The molecule has 3 aromatic rings. The molecule has 3 heterocycles. The summed E-state index contributed by atoms with van der Waals surface area (Å²) in [6, 6.07) is 13.8. The Bertz CT molecular complexity index is 1180. The molecule has 0 radical (unpaired) electrons. The van der Waals surface area contributed by atoms with E-state index in [2.05, 4.69) is 15.5 Å². The van der Waals surface area contributed by atoms with Gasteiger partial charge in [0, 0.05) is 44.1 Å². The van der Waals surface area contributed by atoms with E-state index in [1.807, 2.05) is 23.1 Å². The normalized spacial score (nSPS) is 19.6. The molecule has 2 aliphatic rings. The third-order valence-electron chi connectivity index (χ3n) is 6.80. The van der Waals surface area contributed by atoms with Crippen molar-refractivity contribution in [2.75, 3.05) is 26.3 Å². The number of nitrogens with zero attached hydrogens (tertiary/aromatic N) is 3. The van der Waals surface area contributed by atoms with Gasteiger partial charge in [0.25, 0.3) is 11.8 Å². The van der Waals surface area contributed by atoms with Crippen LogP contribution >= 0.6 is 0 Å². The van der Waals surface area contributed by atoms with Gasteiger partial charge >= 0.3 is 0 Å². The molecule has 2 aliphatic heterocycles. The first-order valence-corrected chi connectivity index (χ1v) is 11.2. The van der Waals surface area contributed by atoms with E-state index in [9.17, 15) is 14.7 Å². The second-order valence-corrected chi connectivity index (χ2v) is 8.97. The highest BCUT2D eigenvalue weighted by Gasteiger charge is 2.46. The molecular formula is C25H26N4O4. The van der Waals surface area contributed by atoms with Crippen molar-refractivity contribution < 1.29 is 19.4 Å². The molecule has 0 saturated carbocycles. The summed E-state index contributed by atoms with van der Waals surface area (Å²) in [6.45, 7) is 2.39. The topological polar surface area (TPSA) is 105 Å². The monoisotopic (exact) mass is 446 g/mol. The van der Waals surface area contributed by atoms with Gasteiger partial charge in [0.1, 0.15) is 5.75 Å². The van der Waals surface area contributed by atoms with Crippen molar-refractivity contribution in [3.63, 3.8) is 0 Å². The summed E-state index contributed by atoms with van der Waals surface area (Å²) in [5.41, 5.74) is 0.868. The Labute approximate surface area is 191 Å². The zero-order chi connectivity index (χ0) is 22.8. The number of hydrogen-bond donors (Lipinski definition) is 2. The molecule has 1 atom stereocenters. The van der Waals surface area contributed by atoms with Crippen LogP contribution in [0.25, 0.3) is 10.8 Å². The predicted molar refractivity (Wildman–Crippen MR) is 122 cm³/mol. The maximum atomic E-state index is 13.6. The van der Waals surface area contributed by atoms with Gasteiger partial charge in [-0.15, -0.1) is 5.10 Å². The number of phenols is 1. The molecule has 1 spiro atoms. The molecule has 2 N–H and O–H groups in total. The SMILES string of the molecule is O=C(NCC1CC2(CCOCC2)CN1C(=O)c1ccc2cc(O)ccc2c1)c1cccnn1. The van der Waals surface area contributed by atoms with Gasteiger partial charge in [0.15, 0.2) is 5.69 Å². The van der Waals surface area contributed by atoms with Gasteiger partial charge in [-0.2, -0.15) is 5.10 Å². The van der Waals surface area contributed by atoms with E-state index in [4.69, 9.17) is 4.74 Å². The average Bonchev–Trinajstić information content (AvgIpc) is 3.20. The van der Waals surface area contributed by atoms with Crippen LogP contribution in [-0.4, -0.2) is 64.4 Å². The Kier molecular flexibility index (Phi) is 5.68. The van der Waals surface area contributed by atoms with Crippen LogP contribution < -0.4 is 5.32 Å². The van der Waals surface area contributed by atoms with E-state index in [0.717, 1.165) is 30.0 Å². The number of aromatic nitrogens is 2. The van der Waals surface area contributed by atoms with Crippen molar-refractivity contribution in [3.8, 4) is 5.75 Å². The fraction of sp³-hybridized carbons (Fsp3) is 0.360. The van der Waals surface area contributed by atoms with E-state index < -0.39 is 0 Å². The highest BCUT2D eigenvalue weighted by Crippen LogP contribution is 2.43. The van der Waals surface area contributed by atoms with Crippen molar-refractivity contribution in [1.82, 2.24) is 20.4 Å². The first kappa shape index (κ1) is 21.3. The minimum atomic E-state index is -0.297. The fourth-order valence-corrected chi connectivity index (χ4v) is 5.01. The number of phenolic OH excluding ortho intramolecular Hbond substituents is 1. The third-order valence-corrected chi connectivity index (χ3v) is 6.80. The van der Waals surface area contributed by atoms with Gasteiger partial charge in [-0.1, -0.05) is 12.1 Å². The van der Waals surface area contributed by atoms with Crippen LogP contribution in [0.5, 0.6) is 5.75 Å². The number of hydrogen-bond acceptors (Lipinski definition) is 6. The smallest absolute Gasteiger partial charge is 0.271 e. The molecular weight excluding hydrogens is 420 g/mol. The molecule has 33 heavy (non-hydrogen) atoms. The molecule has 2 fully saturated rings. The minimum Gasteiger partial charge on any atom is -0.508 e. The predicted octanol–water partition coefficient (Wildman–Crippen LogP) is 2.78. The molecule has 5 rings (SSSR count). The van der Waals surface area contributed by atoms with Crippen molar-refractivity contribution in [3.05, 3.63) is 66.0 Å². The number of benzene rings is 2. The Morgan fingerprint density at radius 1 is 1.12 bits per heavy atom. The number of aromatic hydroxyl groups is 1. The molecule has 8 heteroatoms. The zero-order valence-electron chi connectivity index (χ0n) is 18.2. The van der Waals surface area contributed by atoms with Gasteiger partial charge in [0.2, 0.25) is 0 Å². The highest BCUT2D eigenvalue weighted by atomic mass is 16.5. The molecule has 8 nitrogen and oxygen atoms in total. The number of carbonyl (C=O) groups is 2. The summed E-state index contributed by atoms with van der Waals surface area (Å²) in [6.07, 6.45) is 4.16. The number of rotatable bonds is 4. The summed E-state index contributed by atoms with van der Waals surface area (Å²) in [5, 5.41) is 22.1. The van der Waals surface area contributed by atoms with Crippen molar-refractivity contribution >= 4 is 22.6 Å². The van der Waals surface area contributed by atoms with E-state index in [1.165, 1.54) is 6.20 Å². The lowest BCUT2D eigenvalue weighted by Gasteiger charge is -2.33. The summed E-state index contributed by atoms with van der Waals surface area (Å²) < 4.78 is 5.58. The summed E-state index contributed by atoms with van der Waals surface area (Å²) in [4.78, 5) is 28.1. The van der Waals surface area contributed by atoms with Gasteiger partial charge in [0.05, 0.1) is 0 Å². The Morgan fingerprint density at radius 3 is 2.70 bits per heavy atom. The summed E-state index contributed by atoms with van der Waals surface area (Å²) in [7, 11) is 0. The fourth-order valence-electron chi connectivity index (χ4n) is 5.01. The number of ether oxygens (including phenoxy) is 1. The number of amides is 2. The summed E-state index contributed by atoms with van der Waals surface area (Å²) in [5.74, 6) is -0.150. The number of carbonyl (C=O) groups excluding carboxylic acids is 2. The minimum absolute atomic E-state index is 0.0124. The van der Waals surface area contributed by atoms with Crippen molar-refractivity contribution in [2.45, 2.75) is 25.3 Å². The molecule has 170 valence electrons. The average molecular weight is 447 g/mol. The van der Waals surface area contributed by atoms with Crippen molar-refractivity contribution in [2.24, 2.45) is 5.41 Å². The molecule has 0 bridgehead atoms. The quantitative estimate of drug-likeness (QED) is 0.639. The molecule has 0 aliphatic carbocycles. The standard InChI is InChI=1S/C25H26N4O4/c30-21-6-5-17-12-19(4-3-18(17)13-21)24(32)29-16-25(7-10-33-11-8-25)14-20(29)15-26-23(31)22-2-1-9-27-28-22/h1-6,9,12-13,20,30H,7-8,10-11,14-16H2,(H,26,31). The highest BCUT2D eigenvalue weighted by molar-refractivity contribution is 5.99. The largest absolute Gasteiger partial charge is 0.508 e. The molecule has 1 unspecified atom stereocenters. The lowest BCUT2D eigenvalue weighted by Crippen LogP contribution is -2.43. The Balaban J connectivity index is 1.38. The van der Waals surface area contributed by atoms with Gasteiger partial charge < -0.3 is 20.1 Å². The Morgan fingerprint density at radius 2 is 1.91 bits per heavy atom. The van der Waals surface area contributed by atoms with Gasteiger partial charge in [-0.25, -0.2) is 0 Å². The zero-order valence-corrected chi connectivity index (χ0v) is 18.2. The van der Waals surface area contributed by atoms with E-state index in [1.54, 1.807) is 30.3 Å².